The van der Waals surface area contributed by atoms with Crippen molar-refractivity contribution in [2.75, 3.05) is 13.1 Å². The van der Waals surface area contributed by atoms with Gasteiger partial charge in [-0.1, -0.05) is 0 Å². The molecule has 0 aromatic carbocycles. The normalized spacial score (nSPS) is 27.4. The van der Waals surface area contributed by atoms with Gasteiger partial charge in [-0.2, -0.15) is 17.4 Å². The Kier molecular flexibility index (Phi) is 3.84. The van der Waals surface area contributed by atoms with E-state index in [-0.39, 0.29) is 12.1 Å². The van der Waals surface area contributed by atoms with Crippen molar-refractivity contribution in [3.8, 4) is 0 Å². The first kappa shape index (κ1) is 12.3. The molecule has 0 aromatic rings. The Bertz CT molecular complexity index is 327. The zero-order chi connectivity index (χ0) is 11.6. The van der Waals surface area contributed by atoms with Crippen molar-refractivity contribution in [1.29, 1.82) is 0 Å². The summed E-state index contributed by atoms with van der Waals surface area (Å²) in [5, 5.41) is 0. The molecule has 0 aromatic heterocycles. The lowest BCUT2D eigenvalue weighted by molar-refractivity contribution is 0.359. The Morgan fingerprint density at radius 3 is 2.69 bits per heavy atom. The largest absolute Gasteiger partial charge is 0.330 e. The van der Waals surface area contributed by atoms with Crippen LogP contribution in [0.2, 0.25) is 0 Å². The first-order valence-electron chi connectivity index (χ1n) is 6.12. The molecule has 94 valence electrons. The molecule has 5 nitrogen and oxygen atoms in total. The average molecular weight is 247 g/mol. The molecule has 16 heavy (non-hydrogen) atoms. The van der Waals surface area contributed by atoms with E-state index in [1.807, 2.05) is 0 Å². The van der Waals surface area contributed by atoms with Gasteiger partial charge in [-0.25, -0.2) is 0 Å². The maximum atomic E-state index is 12.0. The van der Waals surface area contributed by atoms with E-state index in [0.29, 0.717) is 13.1 Å². The summed E-state index contributed by atoms with van der Waals surface area (Å²) in [6, 6.07) is 0.362. The highest BCUT2D eigenvalue weighted by Crippen LogP contribution is 2.26. The quantitative estimate of drug-likeness (QED) is 0.703. The van der Waals surface area contributed by atoms with E-state index < -0.39 is 10.2 Å². The Morgan fingerprint density at radius 2 is 2.06 bits per heavy atom. The fourth-order valence-electron chi connectivity index (χ4n) is 2.25. The van der Waals surface area contributed by atoms with Crippen LogP contribution in [0.5, 0.6) is 0 Å². The minimum Gasteiger partial charge on any atom is -0.330 e. The van der Waals surface area contributed by atoms with Gasteiger partial charge in [0, 0.05) is 18.6 Å². The molecule has 2 rings (SSSR count). The molecule has 1 aliphatic carbocycles. The molecule has 6 heteroatoms. The van der Waals surface area contributed by atoms with Gasteiger partial charge in [0.2, 0.25) is 0 Å². The summed E-state index contributed by atoms with van der Waals surface area (Å²) < 4.78 is 28.5. The molecule has 0 amide bonds. The highest BCUT2D eigenvalue weighted by Gasteiger charge is 2.37. The van der Waals surface area contributed by atoms with Crippen LogP contribution in [-0.2, 0) is 10.2 Å². The zero-order valence-corrected chi connectivity index (χ0v) is 10.4. The summed E-state index contributed by atoms with van der Waals surface area (Å²) in [5.41, 5.74) is 5.47. The molecular weight excluding hydrogens is 226 g/mol. The number of nitrogens with one attached hydrogen (secondary N) is 1. The highest BCUT2D eigenvalue weighted by molar-refractivity contribution is 7.87. The number of nitrogens with zero attached hydrogens (tertiary/aromatic N) is 1. The minimum absolute atomic E-state index is 0.166. The van der Waals surface area contributed by atoms with Gasteiger partial charge < -0.3 is 5.73 Å². The lowest BCUT2D eigenvalue weighted by Gasteiger charge is -2.24. The molecule has 1 atom stereocenters. The van der Waals surface area contributed by atoms with Crippen molar-refractivity contribution in [2.45, 2.75) is 50.6 Å². The third kappa shape index (κ3) is 2.94. The molecule has 2 fully saturated rings. The first-order valence-corrected chi connectivity index (χ1v) is 7.56. The van der Waals surface area contributed by atoms with Crippen LogP contribution in [0.3, 0.4) is 0 Å². The average Bonchev–Trinajstić information content (AvgIpc) is 2.89. The fraction of sp³-hybridized carbons (Fsp3) is 1.00. The van der Waals surface area contributed by atoms with E-state index in [1.54, 1.807) is 4.31 Å². The SMILES string of the molecule is NCCCC1CCCN1S(=O)(=O)NC1CC1. The first-order chi connectivity index (χ1) is 7.63. The minimum atomic E-state index is -3.23. The summed E-state index contributed by atoms with van der Waals surface area (Å²) >= 11 is 0. The Labute approximate surface area is 97.6 Å². The Morgan fingerprint density at radius 1 is 1.31 bits per heavy atom. The summed E-state index contributed by atoms with van der Waals surface area (Å²) in [5.74, 6) is 0. The van der Waals surface area contributed by atoms with Gasteiger partial charge >= 0.3 is 0 Å². The fourth-order valence-corrected chi connectivity index (χ4v) is 4.01. The lowest BCUT2D eigenvalue weighted by atomic mass is 10.1. The van der Waals surface area contributed by atoms with Gasteiger partial charge in [-0.05, 0) is 45.1 Å². The number of hydrogen-bond donors (Lipinski definition) is 2. The molecule has 0 spiro atoms. The van der Waals surface area contributed by atoms with Crippen LogP contribution in [0.25, 0.3) is 0 Å². The van der Waals surface area contributed by atoms with Crippen LogP contribution < -0.4 is 10.5 Å². The summed E-state index contributed by atoms with van der Waals surface area (Å²) in [4.78, 5) is 0. The highest BCUT2D eigenvalue weighted by atomic mass is 32.2. The molecule has 1 aliphatic heterocycles. The third-order valence-electron chi connectivity index (χ3n) is 3.27. The van der Waals surface area contributed by atoms with Crippen molar-refractivity contribution in [1.82, 2.24) is 9.03 Å². The van der Waals surface area contributed by atoms with Crippen LogP contribution in [0, 0.1) is 0 Å². The number of hydrogen-bond acceptors (Lipinski definition) is 3. The van der Waals surface area contributed by atoms with Crippen LogP contribution in [-0.4, -0.2) is 37.9 Å². The second-order valence-corrected chi connectivity index (χ2v) is 6.39. The molecule has 2 aliphatic rings. The molecular formula is C10H21N3O2S. The second-order valence-electron chi connectivity index (χ2n) is 4.73. The van der Waals surface area contributed by atoms with E-state index in [0.717, 1.165) is 38.5 Å². The van der Waals surface area contributed by atoms with Gasteiger partial charge in [0.1, 0.15) is 0 Å². The van der Waals surface area contributed by atoms with Crippen LogP contribution in [0.15, 0.2) is 0 Å². The maximum absolute atomic E-state index is 12.0. The van der Waals surface area contributed by atoms with Gasteiger partial charge in [0.05, 0.1) is 0 Å². The van der Waals surface area contributed by atoms with Crippen molar-refractivity contribution >= 4 is 10.2 Å². The molecule has 3 N–H and O–H groups in total. The molecule has 0 radical (unpaired) electrons. The molecule has 1 heterocycles. The predicted molar refractivity (Wildman–Crippen MR) is 63.1 cm³/mol. The van der Waals surface area contributed by atoms with Gasteiger partial charge in [0.25, 0.3) is 10.2 Å². The van der Waals surface area contributed by atoms with Gasteiger partial charge in [0.15, 0.2) is 0 Å². The van der Waals surface area contributed by atoms with Crippen molar-refractivity contribution in [3.63, 3.8) is 0 Å². The van der Waals surface area contributed by atoms with E-state index in [9.17, 15) is 8.42 Å². The molecule has 1 saturated heterocycles. The van der Waals surface area contributed by atoms with Gasteiger partial charge in [-0.15, -0.1) is 0 Å². The third-order valence-corrected chi connectivity index (χ3v) is 5.00. The summed E-state index contributed by atoms with van der Waals surface area (Å²) in [7, 11) is -3.23. The standard InChI is InChI=1S/C10H21N3O2S/c11-7-1-3-10-4-2-8-13(10)16(14,15)12-9-5-6-9/h9-10,12H,1-8,11H2. The van der Waals surface area contributed by atoms with E-state index in [1.165, 1.54) is 0 Å². The van der Waals surface area contributed by atoms with Crippen molar-refractivity contribution in [3.05, 3.63) is 0 Å². The van der Waals surface area contributed by atoms with Crippen molar-refractivity contribution < 1.29 is 8.42 Å². The van der Waals surface area contributed by atoms with Crippen LogP contribution in [0.1, 0.15) is 38.5 Å². The van der Waals surface area contributed by atoms with E-state index >= 15 is 0 Å². The summed E-state index contributed by atoms with van der Waals surface area (Å²) in [6.07, 6.45) is 5.72. The number of rotatable bonds is 6. The molecule has 1 saturated carbocycles. The van der Waals surface area contributed by atoms with Crippen molar-refractivity contribution in [2.24, 2.45) is 5.73 Å². The van der Waals surface area contributed by atoms with Crippen LogP contribution in [0.4, 0.5) is 0 Å². The monoisotopic (exact) mass is 247 g/mol. The summed E-state index contributed by atoms with van der Waals surface area (Å²) in [6.45, 7) is 1.30. The predicted octanol–water partition coefficient (Wildman–Crippen LogP) is 0.187. The maximum Gasteiger partial charge on any atom is 0.279 e. The van der Waals surface area contributed by atoms with E-state index in [4.69, 9.17) is 5.73 Å². The molecule has 1 unspecified atom stereocenters. The van der Waals surface area contributed by atoms with Gasteiger partial charge in [-0.3, -0.25) is 0 Å². The van der Waals surface area contributed by atoms with E-state index in [2.05, 4.69) is 4.72 Å². The Balaban J connectivity index is 1.94. The second kappa shape index (κ2) is 5.00. The number of nitrogens with two attached hydrogens (primary N) is 1. The van der Waals surface area contributed by atoms with Crippen LogP contribution >= 0.6 is 0 Å². The zero-order valence-electron chi connectivity index (χ0n) is 9.56. The Hall–Kier alpha value is -0.170. The smallest absolute Gasteiger partial charge is 0.279 e. The topological polar surface area (TPSA) is 75.4 Å². The molecule has 0 bridgehead atoms. The lowest BCUT2D eigenvalue weighted by Crippen LogP contribution is -2.44.